The van der Waals surface area contributed by atoms with Gasteiger partial charge in [0.15, 0.2) is 0 Å². The van der Waals surface area contributed by atoms with E-state index >= 15 is 0 Å². The van der Waals surface area contributed by atoms with Gasteiger partial charge in [-0.25, -0.2) is 0 Å². The number of hydrogen-bond donors (Lipinski definition) is 10. The highest BCUT2D eigenvalue weighted by molar-refractivity contribution is 5.70. The SMILES string of the molecule is CC=C1C[C@H]2C[C@@](CN)(CC(=O)O)[C@H]2C1.CCC1=C[C@@H]2C[C@](CN)(CC(=O)O)[C@@H]2C1.CCC1=C[C@@H]2[C@H](C1)C[C@@]2(CN)CC(=O)O.CCC1=C[C@@H]2[C@H](C1)C[C@]2(CN)CC(=O)O.CCC1=C[C@H]2[C@@H](C1)C[C@@]2(CN)CC(=O)O. The molecular weight excluding hydrogens is 951 g/mol. The van der Waals surface area contributed by atoms with Crippen molar-refractivity contribution >= 4 is 29.8 Å². The summed E-state index contributed by atoms with van der Waals surface area (Å²) in [6.07, 6.45) is 28.8. The van der Waals surface area contributed by atoms with Crippen LogP contribution < -0.4 is 28.7 Å². The van der Waals surface area contributed by atoms with E-state index in [-0.39, 0.29) is 59.2 Å². The second kappa shape index (κ2) is 24.7. The average molecular weight is 1050 g/mol. The number of allylic oxidation sites excluding steroid dienone is 10. The maximum Gasteiger partial charge on any atom is 0.303 e. The second-order valence-electron chi connectivity index (χ2n) is 25.1. The summed E-state index contributed by atoms with van der Waals surface area (Å²) >= 11 is 0. The molecule has 6 saturated carbocycles. The van der Waals surface area contributed by atoms with Crippen LogP contribution in [0, 0.1) is 86.3 Å². The molecule has 15 heteroatoms. The Morgan fingerprint density at radius 3 is 1.04 bits per heavy atom. The lowest BCUT2D eigenvalue weighted by molar-refractivity contribution is -0.146. The summed E-state index contributed by atoms with van der Waals surface area (Å²) in [4.78, 5) is 54.2. The van der Waals surface area contributed by atoms with E-state index in [2.05, 4.69) is 65.0 Å². The van der Waals surface area contributed by atoms with Crippen molar-refractivity contribution < 1.29 is 49.5 Å². The number of fused-ring (bicyclic) bond motifs is 5. The molecule has 0 aromatic rings. The first-order chi connectivity index (χ1) is 35.5. The molecule has 0 aliphatic heterocycles. The zero-order valence-corrected chi connectivity index (χ0v) is 46.0. The van der Waals surface area contributed by atoms with Crippen LogP contribution in [0.15, 0.2) is 58.2 Å². The van der Waals surface area contributed by atoms with Crippen molar-refractivity contribution in [3.05, 3.63) is 58.2 Å². The molecule has 15 nitrogen and oxygen atoms in total. The molecule has 10 aliphatic rings. The Bertz CT molecular complexity index is 2130. The van der Waals surface area contributed by atoms with Gasteiger partial charge in [0.2, 0.25) is 0 Å². The fourth-order valence-corrected chi connectivity index (χ4v) is 16.9. The third-order valence-electron chi connectivity index (χ3n) is 21.2. The van der Waals surface area contributed by atoms with Crippen LogP contribution in [0.1, 0.15) is 163 Å². The molecule has 420 valence electrons. The average Bonchev–Trinajstić information content (AvgIpc) is 4.18. The predicted octanol–water partition coefficient (Wildman–Crippen LogP) is 8.91. The number of rotatable bonds is 19. The highest BCUT2D eigenvalue weighted by Gasteiger charge is 2.59. The smallest absolute Gasteiger partial charge is 0.303 e. The van der Waals surface area contributed by atoms with Crippen LogP contribution in [-0.2, 0) is 24.0 Å². The molecule has 0 heterocycles. The summed E-state index contributed by atoms with van der Waals surface area (Å²) in [5.41, 5.74) is 35.7. The summed E-state index contributed by atoms with van der Waals surface area (Å²) in [6, 6.07) is 0. The molecule has 0 aromatic carbocycles. The number of carbonyl (C=O) groups is 5. The Labute approximate surface area is 446 Å². The molecule has 0 bridgehead atoms. The molecule has 75 heavy (non-hydrogen) atoms. The van der Waals surface area contributed by atoms with Crippen molar-refractivity contribution in [2.45, 2.75) is 163 Å². The fraction of sp³-hybridized carbons (Fsp3) is 0.750. The second-order valence-corrected chi connectivity index (χ2v) is 25.1. The Morgan fingerprint density at radius 1 is 0.427 bits per heavy atom. The van der Waals surface area contributed by atoms with Gasteiger partial charge in [-0.1, -0.05) is 85.9 Å². The molecule has 15 N–H and O–H groups in total. The molecule has 0 unspecified atom stereocenters. The minimum absolute atomic E-state index is 0.0960. The van der Waals surface area contributed by atoms with E-state index in [1.807, 2.05) is 0 Å². The molecule has 0 spiro atoms. The molecule has 0 aromatic heterocycles. The summed E-state index contributed by atoms with van der Waals surface area (Å²) in [6.45, 7) is 13.3. The first kappa shape index (κ1) is 60.1. The van der Waals surface area contributed by atoms with Crippen molar-refractivity contribution in [3.63, 3.8) is 0 Å². The number of aliphatic carboxylic acids is 5. The lowest BCUT2D eigenvalue weighted by Crippen LogP contribution is -2.51. The van der Waals surface area contributed by atoms with Crippen LogP contribution >= 0.6 is 0 Å². The number of carboxylic acids is 5. The van der Waals surface area contributed by atoms with Crippen LogP contribution in [0.4, 0.5) is 0 Å². The largest absolute Gasteiger partial charge is 0.481 e. The summed E-state index contributed by atoms with van der Waals surface area (Å²) in [7, 11) is 0. The molecule has 0 saturated heterocycles. The Morgan fingerprint density at radius 2 is 0.733 bits per heavy atom. The van der Waals surface area contributed by atoms with Gasteiger partial charge in [0.25, 0.3) is 0 Å². The third-order valence-corrected chi connectivity index (χ3v) is 21.2. The quantitative estimate of drug-likeness (QED) is 0.0540. The summed E-state index contributed by atoms with van der Waals surface area (Å²) in [5, 5.41) is 44.6. The molecule has 10 aliphatic carbocycles. The Balaban J connectivity index is 0.000000152. The number of hydrogen-bond acceptors (Lipinski definition) is 10. The van der Waals surface area contributed by atoms with Gasteiger partial charge >= 0.3 is 29.8 Å². The van der Waals surface area contributed by atoms with E-state index in [1.54, 1.807) is 0 Å². The zero-order valence-electron chi connectivity index (χ0n) is 46.0. The normalized spacial score (nSPS) is 38.8. The molecule has 10 rings (SSSR count). The highest BCUT2D eigenvalue weighted by Crippen LogP contribution is 2.64. The van der Waals surface area contributed by atoms with Gasteiger partial charge in [-0.3, -0.25) is 24.0 Å². The van der Waals surface area contributed by atoms with E-state index in [0.717, 1.165) is 70.6 Å². The minimum Gasteiger partial charge on any atom is -0.481 e. The summed E-state index contributed by atoms with van der Waals surface area (Å²) in [5.74, 6) is 2.19. The van der Waals surface area contributed by atoms with Crippen LogP contribution in [-0.4, -0.2) is 88.1 Å². The van der Waals surface area contributed by atoms with E-state index in [4.69, 9.17) is 54.2 Å². The highest BCUT2D eigenvalue weighted by atomic mass is 16.4. The van der Waals surface area contributed by atoms with Crippen LogP contribution in [0.3, 0.4) is 0 Å². The van der Waals surface area contributed by atoms with Crippen molar-refractivity contribution in [2.75, 3.05) is 32.7 Å². The van der Waals surface area contributed by atoms with Crippen molar-refractivity contribution in [2.24, 2.45) is 115 Å². The van der Waals surface area contributed by atoms with Gasteiger partial charge < -0.3 is 54.2 Å². The Hall–Kier alpha value is -4.15. The first-order valence-corrected chi connectivity index (χ1v) is 28.6. The third kappa shape index (κ3) is 12.4. The molecule has 0 radical (unpaired) electrons. The van der Waals surface area contributed by atoms with E-state index in [1.165, 1.54) is 53.5 Å². The molecule has 0 amide bonds. The number of nitrogens with two attached hydrogens (primary N) is 5. The van der Waals surface area contributed by atoms with Crippen LogP contribution in [0.2, 0.25) is 0 Å². The van der Waals surface area contributed by atoms with Crippen molar-refractivity contribution in [1.29, 1.82) is 0 Å². The zero-order chi connectivity index (χ0) is 55.3. The van der Waals surface area contributed by atoms with Gasteiger partial charge in [0.1, 0.15) is 0 Å². The molecular formula is C60H95N5O10. The number of carboxylic acid groups (broad SMARTS) is 5. The van der Waals surface area contributed by atoms with E-state index < -0.39 is 29.8 Å². The van der Waals surface area contributed by atoms with Gasteiger partial charge in [0, 0.05) is 0 Å². The van der Waals surface area contributed by atoms with Gasteiger partial charge in [-0.15, -0.1) is 0 Å². The topological polar surface area (TPSA) is 317 Å². The van der Waals surface area contributed by atoms with Crippen molar-refractivity contribution in [3.8, 4) is 0 Å². The van der Waals surface area contributed by atoms with Crippen LogP contribution in [0.5, 0.6) is 0 Å². The molecule has 6 fully saturated rings. The molecule has 15 atom stereocenters. The van der Waals surface area contributed by atoms with Crippen molar-refractivity contribution in [1.82, 2.24) is 0 Å². The lowest BCUT2D eigenvalue weighted by Gasteiger charge is -2.51. The van der Waals surface area contributed by atoms with Gasteiger partial charge in [0.05, 0.1) is 32.1 Å². The first-order valence-electron chi connectivity index (χ1n) is 28.6. The minimum atomic E-state index is -0.711. The van der Waals surface area contributed by atoms with Crippen LogP contribution in [0.25, 0.3) is 0 Å². The standard InChI is InChI=1S/5C12H19NO2/c5*1-2-8-3-9-5-12(7-13,6-11(14)15)10(9)4-8/h3*4,9-10H,2-3,5-7,13H2,1H3,(H,14,15);3,9-10H,2,4-7,13H2,1H3,(H,14,15);2,9-10H,3-7,13H2,1H3,(H,14,15)/t9-,10-,12+;4*9-,10-,12-/m11010/s1. The van der Waals surface area contributed by atoms with Gasteiger partial charge in [-0.05, 0) is 222 Å². The lowest BCUT2D eigenvalue weighted by atomic mass is 9.53. The Kier molecular flexibility index (Phi) is 19.8. The predicted molar refractivity (Wildman–Crippen MR) is 292 cm³/mol. The van der Waals surface area contributed by atoms with E-state index in [0.29, 0.717) is 91.9 Å². The summed E-state index contributed by atoms with van der Waals surface area (Å²) < 4.78 is 0. The maximum absolute atomic E-state index is 10.8. The fourth-order valence-electron chi connectivity index (χ4n) is 16.9. The van der Waals surface area contributed by atoms with Gasteiger partial charge in [-0.2, -0.15) is 0 Å². The monoisotopic (exact) mass is 1050 g/mol. The maximum atomic E-state index is 10.8. The van der Waals surface area contributed by atoms with E-state index in [9.17, 15) is 24.0 Å².